The Balaban J connectivity index is 1.57. The lowest BCUT2D eigenvalue weighted by Crippen LogP contribution is -2.36. The zero-order valence-corrected chi connectivity index (χ0v) is 18.2. The van der Waals surface area contributed by atoms with Crippen LogP contribution >= 0.6 is 11.3 Å². The van der Waals surface area contributed by atoms with E-state index in [1.807, 2.05) is 60.7 Å². The minimum absolute atomic E-state index is 0.0839. The standard InChI is InChI=1S/C22H23N3O3S2/c1-2-30(27,28)25-14-13-18-19(15-25)29-22(23-18)24-21(26)20(16-9-5-3-6-10-16)17-11-7-4-8-12-17/h3-12,20H,2,13-15H2,1H3,(H,23,24,26). The first-order valence-electron chi connectivity index (χ1n) is 9.85. The summed E-state index contributed by atoms with van der Waals surface area (Å²) < 4.78 is 25.9. The van der Waals surface area contributed by atoms with Crippen LogP contribution in [0.4, 0.5) is 5.13 Å². The van der Waals surface area contributed by atoms with Gasteiger partial charge in [-0.15, -0.1) is 11.3 Å². The van der Waals surface area contributed by atoms with Crippen molar-refractivity contribution in [1.82, 2.24) is 9.29 Å². The number of benzene rings is 2. The van der Waals surface area contributed by atoms with E-state index < -0.39 is 15.9 Å². The fraction of sp³-hybridized carbons (Fsp3) is 0.273. The molecular weight excluding hydrogens is 418 g/mol. The molecule has 2 aromatic carbocycles. The number of anilines is 1. The smallest absolute Gasteiger partial charge is 0.238 e. The Labute approximate surface area is 180 Å². The molecule has 2 heterocycles. The molecule has 0 atom stereocenters. The predicted molar refractivity (Wildman–Crippen MR) is 119 cm³/mol. The molecule has 0 bridgehead atoms. The third kappa shape index (κ3) is 4.30. The molecule has 30 heavy (non-hydrogen) atoms. The average Bonchev–Trinajstić information content (AvgIpc) is 3.17. The van der Waals surface area contributed by atoms with Gasteiger partial charge in [0.1, 0.15) is 0 Å². The van der Waals surface area contributed by atoms with Gasteiger partial charge in [-0.2, -0.15) is 4.31 Å². The Morgan fingerprint density at radius 1 is 1.10 bits per heavy atom. The maximum Gasteiger partial charge on any atom is 0.238 e. The van der Waals surface area contributed by atoms with Crippen molar-refractivity contribution in [3.8, 4) is 0 Å². The van der Waals surface area contributed by atoms with E-state index in [-0.39, 0.29) is 11.7 Å². The second-order valence-electron chi connectivity index (χ2n) is 7.12. The number of fused-ring (bicyclic) bond motifs is 1. The van der Waals surface area contributed by atoms with Crippen molar-refractivity contribution >= 4 is 32.4 Å². The summed E-state index contributed by atoms with van der Waals surface area (Å²) in [5.41, 5.74) is 2.68. The summed E-state index contributed by atoms with van der Waals surface area (Å²) >= 11 is 1.35. The third-order valence-electron chi connectivity index (χ3n) is 5.21. The molecule has 0 saturated heterocycles. The lowest BCUT2D eigenvalue weighted by Gasteiger charge is -2.24. The van der Waals surface area contributed by atoms with Crippen LogP contribution in [-0.2, 0) is 27.8 Å². The average molecular weight is 442 g/mol. The van der Waals surface area contributed by atoms with Crippen LogP contribution in [0.25, 0.3) is 0 Å². The molecular formula is C22H23N3O3S2. The van der Waals surface area contributed by atoms with Crippen molar-refractivity contribution in [2.24, 2.45) is 0 Å². The molecule has 1 aliphatic heterocycles. The van der Waals surface area contributed by atoms with E-state index in [4.69, 9.17) is 0 Å². The summed E-state index contributed by atoms with van der Waals surface area (Å²) in [4.78, 5) is 18.7. The van der Waals surface area contributed by atoms with E-state index in [9.17, 15) is 13.2 Å². The number of amides is 1. The normalized spacial score (nSPS) is 14.5. The highest BCUT2D eigenvalue weighted by Gasteiger charge is 2.29. The van der Waals surface area contributed by atoms with Crippen molar-refractivity contribution in [2.75, 3.05) is 17.6 Å². The molecule has 3 aromatic rings. The maximum absolute atomic E-state index is 13.2. The quantitative estimate of drug-likeness (QED) is 0.634. The number of nitrogens with one attached hydrogen (secondary N) is 1. The van der Waals surface area contributed by atoms with Gasteiger partial charge in [-0.1, -0.05) is 60.7 Å². The number of sulfonamides is 1. The van der Waals surface area contributed by atoms with E-state index in [1.54, 1.807) is 6.92 Å². The highest BCUT2D eigenvalue weighted by Crippen LogP contribution is 2.31. The summed E-state index contributed by atoms with van der Waals surface area (Å²) in [6.45, 7) is 2.40. The van der Waals surface area contributed by atoms with Gasteiger partial charge in [-0.25, -0.2) is 13.4 Å². The number of nitrogens with zero attached hydrogens (tertiary/aromatic N) is 2. The summed E-state index contributed by atoms with van der Waals surface area (Å²) in [7, 11) is -3.24. The minimum Gasteiger partial charge on any atom is -0.301 e. The zero-order valence-electron chi connectivity index (χ0n) is 16.6. The minimum atomic E-state index is -3.24. The number of carbonyl (C=O) groups excluding carboxylic acids is 1. The largest absolute Gasteiger partial charge is 0.301 e. The molecule has 0 spiro atoms. The molecule has 1 amide bonds. The first kappa shape index (κ1) is 20.7. The SMILES string of the molecule is CCS(=O)(=O)N1CCc2nc(NC(=O)C(c3ccccc3)c3ccccc3)sc2C1. The van der Waals surface area contributed by atoms with Crippen LogP contribution in [0.2, 0.25) is 0 Å². The Hall–Kier alpha value is -2.55. The molecule has 0 unspecified atom stereocenters. The molecule has 156 valence electrons. The number of thiazole rings is 1. The van der Waals surface area contributed by atoms with Crippen molar-refractivity contribution in [1.29, 1.82) is 0 Å². The molecule has 6 nitrogen and oxygen atoms in total. The van der Waals surface area contributed by atoms with Gasteiger partial charge in [0.2, 0.25) is 15.9 Å². The topological polar surface area (TPSA) is 79.4 Å². The van der Waals surface area contributed by atoms with Gasteiger partial charge >= 0.3 is 0 Å². The van der Waals surface area contributed by atoms with Gasteiger partial charge < -0.3 is 5.32 Å². The van der Waals surface area contributed by atoms with Crippen LogP contribution in [-0.4, -0.2) is 35.9 Å². The molecule has 0 saturated carbocycles. The molecule has 8 heteroatoms. The molecule has 0 fully saturated rings. The highest BCUT2D eigenvalue weighted by molar-refractivity contribution is 7.89. The lowest BCUT2D eigenvalue weighted by molar-refractivity contribution is -0.116. The van der Waals surface area contributed by atoms with Crippen molar-refractivity contribution in [3.05, 3.63) is 82.4 Å². The lowest BCUT2D eigenvalue weighted by atomic mass is 9.90. The van der Waals surface area contributed by atoms with E-state index in [2.05, 4.69) is 10.3 Å². The number of carbonyl (C=O) groups is 1. The van der Waals surface area contributed by atoms with Gasteiger partial charge in [-0.05, 0) is 18.1 Å². The summed E-state index contributed by atoms with van der Waals surface area (Å²) in [6, 6.07) is 19.3. The zero-order chi connectivity index (χ0) is 21.1. The Morgan fingerprint density at radius 3 is 2.27 bits per heavy atom. The van der Waals surface area contributed by atoms with E-state index in [0.717, 1.165) is 21.7 Å². The Kier molecular flexibility index (Phi) is 5.99. The second-order valence-corrected chi connectivity index (χ2v) is 10.5. The maximum atomic E-state index is 13.2. The van der Waals surface area contributed by atoms with Gasteiger partial charge in [0.15, 0.2) is 5.13 Å². The molecule has 0 aliphatic carbocycles. The van der Waals surface area contributed by atoms with Gasteiger partial charge in [-0.3, -0.25) is 4.79 Å². The van der Waals surface area contributed by atoms with Crippen LogP contribution in [0.3, 0.4) is 0 Å². The molecule has 1 aliphatic rings. The van der Waals surface area contributed by atoms with Gasteiger partial charge in [0.05, 0.1) is 17.4 Å². The van der Waals surface area contributed by atoms with Crippen molar-refractivity contribution in [2.45, 2.75) is 25.8 Å². The van der Waals surface area contributed by atoms with Crippen LogP contribution in [0, 0.1) is 0 Å². The highest BCUT2D eigenvalue weighted by atomic mass is 32.2. The Morgan fingerprint density at radius 2 is 1.70 bits per heavy atom. The van der Waals surface area contributed by atoms with Gasteiger partial charge in [0.25, 0.3) is 0 Å². The number of rotatable bonds is 6. The monoisotopic (exact) mass is 441 g/mol. The summed E-state index contributed by atoms with van der Waals surface area (Å²) in [5, 5.41) is 3.48. The Bertz CT molecular complexity index is 1090. The first-order chi connectivity index (χ1) is 14.5. The first-order valence-corrected chi connectivity index (χ1v) is 12.3. The third-order valence-corrected chi connectivity index (χ3v) is 8.04. The van der Waals surface area contributed by atoms with E-state index >= 15 is 0 Å². The number of hydrogen-bond acceptors (Lipinski definition) is 5. The van der Waals surface area contributed by atoms with Crippen LogP contribution in [0.5, 0.6) is 0 Å². The number of hydrogen-bond donors (Lipinski definition) is 1. The van der Waals surface area contributed by atoms with E-state index in [0.29, 0.717) is 24.6 Å². The fourth-order valence-electron chi connectivity index (χ4n) is 3.61. The van der Waals surface area contributed by atoms with Crippen LogP contribution < -0.4 is 5.32 Å². The van der Waals surface area contributed by atoms with Crippen molar-refractivity contribution in [3.63, 3.8) is 0 Å². The van der Waals surface area contributed by atoms with E-state index in [1.165, 1.54) is 15.6 Å². The van der Waals surface area contributed by atoms with Crippen LogP contribution in [0.1, 0.15) is 34.5 Å². The second kappa shape index (κ2) is 8.67. The summed E-state index contributed by atoms with van der Waals surface area (Å²) in [5.74, 6) is -0.526. The molecule has 4 rings (SSSR count). The van der Waals surface area contributed by atoms with Crippen molar-refractivity contribution < 1.29 is 13.2 Å². The predicted octanol–water partition coefficient (Wildman–Crippen LogP) is 3.62. The molecule has 1 N–H and O–H groups in total. The number of aromatic nitrogens is 1. The summed E-state index contributed by atoms with van der Waals surface area (Å²) in [6.07, 6.45) is 0.557. The fourth-order valence-corrected chi connectivity index (χ4v) is 5.78. The van der Waals surface area contributed by atoms with Gasteiger partial charge in [0, 0.05) is 24.4 Å². The molecule has 0 radical (unpaired) electrons. The molecule has 1 aromatic heterocycles. The van der Waals surface area contributed by atoms with Crippen LogP contribution in [0.15, 0.2) is 60.7 Å².